The normalized spacial score (nSPS) is 12.3. The minimum atomic E-state index is -0.0302. The Bertz CT molecular complexity index is 971. The first kappa shape index (κ1) is 24.0. The highest BCUT2D eigenvalue weighted by molar-refractivity contribution is 14.0. The van der Waals surface area contributed by atoms with Gasteiger partial charge in [0.15, 0.2) is 17.3 Å². The van der Waals surface area contributed by atoms with Gasteiger partial charge in [-0.2, -0.15) is 0 Å². The van der Waals surface area contributed by atoms with Gasteiger partial charge < -0.3 is 19.8 Å². The maximum atomic E-state index is 6.10. The third-order valence-corrected chi connectivity index (χ3v) is 4.74. The molecule has 2 N–H and O–H groups in total. The third-order valence-electron chi connectivity index (χ3n) is 4.74. The zero-order chi connectivity index (χ0) is 20.6. The number of para-hydroxylation sites is 1. The number of fused-ring (bicyclic) bond motifs is 1. The first-order chi connectivity index (χ1) is 14.1. The van der Waals surface area contributed by atoms with Crippen molar-refractivity contribution in [1.29, 1.82) is 0 Å². The summed E-state index contributed by atoms with van der Waals surface area (Å²) in [6.07, 6.45) is 4.60. The van der Waals surface area contributed by atoms with E-state index in [9.17, 15) is 0 Å². The summed E-state index contributed by atoms with van der Waals surface area (Å²) >= 11 is 0. The largest absolute Gasteiger partial charge is 0.490 e. The van der Waals surface area contributed by atoms with E-state index < -0.39 is 0 Å². The molecule has 0 saturated heterocycles. The van der Waals surface area contributed by atoms with Crippen molar-refractivity contribution in [1.82, 2.24) is 15.6 Å². The third kappa shape index (κ3) is 6.10. The second kappa shape index (κ2) is 11.8. The molecule has 30 heavy (non-hydrogen) atoms. The predicted molar refractivity (Wildman–Crippen MR) is 133 cm³/mol. The number of hydrogen-bond acceptors (Lipinski definition) is 4. The highest BCUT2D eigenvalue weighted by atomic mass is 127. The molecule has 2 heterocycles. The molecule has 1 aromatic carbocycles. The van der Waals surface area contributed by atoms with Crippen molar-refractivity contribution in [2.75, 3.05) is 19.7 Å². The Hall–Kier alpha value is -2.29. The molecule has 1 unspecified atom stereocenters. The van der Waals surface area contributed by atoms with Gasteiger partial charge in [-0.15, -0.1) is 24.0 Å². The number of aliphatic imine (C=N–C) groups is 1. The van der Waals surface area contributed by atoms with Crippen LogP contribution in [0.1, 0.15) is 43.7 Å². The Morgan fingerprint density at radius 3 is 2.83 bits per heavy atom. The van der Waals surface area contributed by atoms with Crippen LogP contribution >= 0.6 is 24.0 Å². The molecule has 6 nitrogen and oxygen atoms in total. The maximum Gasteiger partial charge on any atom is 0.191 e. The van der Waals surface area contributed by atoms with Crippen molar-refractivity contribution in [3.8, 4) is 5.75 Å². The smallest absolute Gasteiger partial charge is 0.191 e. The Balaban J connectivity index is 0.00000320. The number of pyridine rings is 1. The van der Waals surface area contributed by atoms with Gasteiger partial charge in [-0.1, -0.05) is 12.1 Å². The molecule has 0 fully saturated rings. The molecule has 0 aliphatic carbocycles. The first-order valence-electron chi connectivity index (χ1n) is 10.2. The van der Waals surface area contributed by atoms with E-state index in [4.69, 9.17) is 14.1 Å². The predicted octanol–water partition coefficient (Wildman–Crippen LogP) is 5.01. The fourth-order valence-electron chi connectivity index (χ4n) is 3.21. The summed E-state index contributed by atoms with van der Waals surface area (Å²) in [6.45, 7) is 10.3. The zero-order valence-corrected chi connectivity index (χ0v) is 20.4. The molecule has 0 amide bonds. The van der Waals surface area contributed by atoms with Gasteiger partial charge in [0.05, 0.1) is 12.6 Å². The van der Waals surface area contributed by atoms with E-state index >= 15 is 0 Å². The number of rotatable bonds is 8. The molecule has 162 valence electrons. The Morgan fingerprint density at radius 1 is 1.27 bits per heavy atom. The second-order valence-electron chi connectivity index (χ2n) is 6.94. The van der Waals surface area contributed by atoms with Crippen LogP contribution < -0.4 is 15.4 Å². The highest BCUT2D eigenvalue weighted by Crippen LogP contribution is 2.31. The van der Waals surface area contributed by atoms with Crippen LogP contribution in [0.2, 0.25) is 0 Å². The van der Waals surface area contributed by atoms with Crippen molar-refractivity contribution in [3.63, 3.8) is 0 Å². The summed E-state index contributed by atoms with van der Waals surface area (Å²) in [7, 11) is 0. The van der Waals surface area contributed by atoms with Gasteiger partial charge in [-0.25, -0.2) is 0 Å². The molecule has 7 heteroatoms. The van der Waals surface area contributed by atoms with E-state index in [0.29, 0.717) is 13.2 Å². The first-order valence-corrected chi connectivity index (χ1v) is 10.2. The Labute approximate surface area is 195 Å². The fraction of sp³-hybridized carbons (Fsp3) is 0.391. The van der Waals surface area contributed by atoms with Crippen molar-refractivity contribution < 1.29 is 9.15 Å². The summed E-state index contributed by atoms with van der Waals surface area (Å²) in [4.78, 5) is 8.87. The van der Waals surface area contributed by atoms with Gasteiger partial charge in [0.1, 0.15) is 5.76 Å². The number of aryl methyl sites for hydroxylation is 1. The van der Waals surface area contributed by atoms with E-state index in [1.54, 1.807) is 0 Å². The number of benzene rings is 1. The van der Waals surface area contributed by atoms with Crippen LogP contribution in [0.3, 0.4) is 0 Å². The highest BCUT2D eigenvalue weighted by Gasteiger charge is 2.15. The van der Waals surface area contributed by atoms with Gasteiger partial charge in [0, 0.05) is 30.9 Å². The molecular formula is C23H31IN4O2. The molecular weight excluding hydrogens is 491 g/mol. The number of halogens is 1. The van der Waals surface area contributed by atoms with Gasteiger partial charge in [-0.05, 0) is 63.4 Å². The number of furan rings is 1. The van der Waals surface area contributed by atoms with Crippen LogP contribution in [-0.4, -0.2) is 30.6 Å². The average molecular weight is 522 g/mol. The van der Waals surface area contributed by atoms with Crippen molar-refractivity contribution in [2.45, 2.75) is 40.2 Å². The monoisotopic (exact) mass is 522 g/mol. The van der Waals surface area contributed by atoms with E-state index in [1.165, 1.54) is 11.1 Å². The number of aromatic nitrogens is 1. The maximum absolute atomic E-state index is 6.10. The van der Waals surface area contributed by atoms with Crippen LogP contribution in [0, 0.1) is 6.92 Å². The van der Waals surface area contributed by atoms with Gasteiger partial charge in [0.25, 0.3) is 0 Å². The minimum Gasteiger partial charge on any atom is -0.490 e. The Morgan fingerprint density at radius 2 is 2.10 bits per heavy atom. The lowest BCUT2D eigenvalue weighted by Crippen LogP contribution is -2.38. The second-order valence-corrected chi connectivity index (χ2v) is 6.94. The average Bonchev–Trinajstić information content (AvgIpc) is 3.15. The number of ether oxygens (including phenoxy) is 1. The minimum absolute atomic E-state index is 0. The number of hydrogen-bond donors (Lipinski definition) is 2. The lowest BCUT2D eigenvalue weighted by Gasteiger charge is -2.16. The van der Waals surface area contributed by atoms with Crippen LogP contribution in [0.15, 0.2) is 52.1 Å². The number of nitrogens with one attached hydrogen (secondary N) is 2. The van der Waals surface area contributed by atoms with Gasteiger partial charge in [-0.3, -0.25) is 9.98 Å². The van der Waals surface area contributed by atoms with Crippen LogP contribution in [-0.2, 0) is 6.42 Å². The van der Waals surface area contributed by atoms with Crippen LogP contribution in [0.4, 0.5) is 0 Å². The van der Waals surface area contributed by atoms with E-state index in [1.807, 2.05) is 37.5 Å². The van der Waals surface area contributed by atoms with Crippen molar-refractivity contribution in [2.24, 2.45) is 4.99 Å². The van der Waals surface area contributed by atoms with E-state index in [2.05, 4.69) is 48.5 Å². The number of guanidine groups is 1. The summed E-state index contributed by atoms with van der Waals surface area (Å²) in [6, 6.07) is 10.0. The molecule has 3 rings (SSSR count). The van der Waals surface area contributed by atoms with E-state index in [-0.39, 0.29) is 30.0 Å². The molecule has 0 spiro atoms. The molecule has 0 aliphatic rings. The van der Waals surface area contributed by atoms with Crippen molar-refractivity contribution >= 4 is 40.9 Å². The standard InChI is InChI=1S/C23H30N4O2.HI/c1-5-25-23(26-13-11-18-10-12-24-15-16(18)3)27-17(4)21-14-19-8-7-9-20(28-6-2)22(19)29-21;/h7-10,12,14-15,17H,5-6,11,13H2,1-4H3,(H2,25,26,27);1H. The topological polar surface area (TPSA) is 71.7 Å². The van der Waals surface area contributed by atoms with Crippen molar-refractivity contribution in [3.05, 3.63) is 59.6 Å². The van der Waals surface area contributed by atoms with Gasteiger partial charge >= 0.3 is 0 Å². The molecule has 3 aromatic rings. The summed E-state index contributed by atoms with van der Waals surface area (Å²) in [5.74, 6) is 2.40. The molecule has 0 radical (unpaired) electrons. The number of nitrogens with zero attached hydrogens (tertiary/aromatic N) is 2. The SMILES string of the molecule is CCNC(=NCCc1ccncc1C)NC(C)c1cc2cccc(OCC)c2o1.I. The quantitative estimate of drug-likeness (QED) is 0.247. The molecule has 0 saturated carbocycles. The summed E-state index contributed by atoms with van der Waals surface area (Å²) in [5.41, 5.74) is 3.25. The lowest BCUT2D eigenvalue weighted by molar-refractivity contribution is 0.336. The summed E-state index contributed by atoms with van der Waals surface area (Å²) in [5, 5.41) is 7.79. The molecule has 0 aliphatic heterocycles. The fourth-order valence-corrected chi connectivity index (χ4v) is 3.21. The molecule has 2 aromatic heterocycles. The molecule has 1 atom stereocenters. The zero-order valence-electron chi connectivity index (χ0n) is 18.1. The van der Waals surface area contributed by atoms with Crippen LogP contribution in [0.5, 0.6) is 5.75 Å². The van der Waals surface area contributed by atoms with Crippen LogP contribution in [0.25, 0.3) is 11.0 Å². The molecule has 0 bridgehead atoms. The summed E-state index contributed by atoms with van der Waals surface area (Å²) < 4.78 is 11.8. The lowest BCUT2D eigenvalue weighted by atomic mass is 10.1. The van der Waals surface area contributed by atoms with E-state index in [0.717, 1.165) is 41.4 Å². The Kier molecular flexibility index (Phi) is 9.42. The van der Waals surface area contributed by atoms with Gasteiger partial charge in [0.2, 0.25) is 0 Å².